The average molecular weight is 303 g/mol. The van der Waals surface area contributed by atoms with Crippen LogP contribution in [0.4, 0.5) is 5.69 Å². The van der Waals surface area contributed by atoms with Crippen molar-refractivity contribution in [2.45, 2.75) is 6.54 Å². The molecular weight excluding hydrogens is 288 g/mol. The molecule has 5 heteroatoms. The molecule has 0 saturated heterocycles. The minimum atomic E-state index is 0.509. The zero-order chi connectivity index (χ0) is 15.2. The van der Waals surface area contributed by atoms with Crippen LogP contribution in [0.15, 0.2) is 36.4 Å². The van der Waals surface area contributed by atoms with Crippen molar-refractivity contribution in [3.63, 3.8) is 0 Å². The summed E-state index contributed by atoms with van der Waals surface area (Å²) in [6.07, 6.45) is 0. The van der Waals surface area contributed by atoms with E-state index >= 15 is 0 Å². The largest absolute Gasteiger partial charge is 0.497 e. The van der Waals surface area contributed by atoms with Crippen LogP contribution in [-0.2, 0) is 6.54 Å². The molecule has 0 spiro atoms. The van der Waals surface area contributed by atoms with Crippen molar-refractivity contribution in [3.8, 4) is 17.6 Å². The Bertz CT molecular complexity index is 680. The highest BCUT2D eigenvalue weighted by molar-refractivity contribution is 6.30. The van der Waals surface area contributed by atoms with Gasteiger partial charge in [0.05, 0.1) is 25.5 Å². The molecule has 0 heterocycles. The second-order valence-electron chi connectivity index (χ2n) is 4.33. The smallest absolute Gasteiger partial charge is 0.127 e. The van der Waals surface area contributed by atoms with Gasteiger partial charge >= 0.3 is 0 Å². The number of hydrogen-bond acceptors (Lipinski definition) is 4. The highest BCUT2D eigenvalue weighted by Crippen LogP contribution is 2.26. The van der Waals surface area contributed by atoms with Gasteiger partial charge in [-0.15, -0.1) is 0 Å². The third kappa shape index (κ3) is 3.59. The van der Waals surface area contributed by atoms with Crippen LogP contribution in [0.3, 0.4) is 0 Å². The molecule has 0 fully saturated rings. The molecule has 0 atom stereocenters. The first-order valence-corrected chi connectivity index (χ1v) is 6.70. The Hall–Kier alpha value is -2.38. The Balaban J connectivity index is 2.19. The molecule has 0 aliphatic heterocycles. The van der Waals surface area contributed by atoms with E-state index in [-0.39, 0.29) is 0 Å². The molecule has 0 unspecified atom stereocenters. The fourth-order valence-electron chi connectivity index (χ4n) is 1.95. The zero-order valence-electron chi connectivity index (χ0n) is 11.8. The maximum Gasteiger partial charge on any atom is 0.127 e. The summed E-state index contributed by atoms with van der Waals surface area (Å²) in [5.74, 6) is 1.47. The average Bonchev–Trinajstić information content (AvgIpc) is 2.53. The number of halogens is 1. The zero-order valence-corrected chi connectivity index (χ0v) is 12.6. The Morgan fingerprint density at radius 3 is 2.62 bits per heavy atom. The summed E-state index contributed by atoms with van der Waals surface area (Å²) < 4.78 is 10.5. The van der Waals surface area contributed by atoms with Crippen molar-refractivity contribution in [1.29, 1.82) is 5.26 Å². The molecule has 2 rings (SSSR count). The van der Waals surface area contributed by atoms with E-state index in [1.807, 2.05) is 18.2 Å². The van der Waals surface area contributed by atoms with E-state index in [2.05, 4.69) is 11.4 Å². The van der Waals surface area contributed by atoms with E-state index in [1.54, 1.807) is 32.4 Å². The molecule has 2 aromatic rings. The number of anilines is 1. The Labute approximate surface area is 128 Å². The van der Waals surface area contributed by atoms with Crippen LogP contribution < -0.4 is 14.8 Å². The monoisotopic (exact) mass is 302 g/mol. The Morgan fingerprint density at radius 2 is 1.95 bits per heavy atom. The molecule has 0 amide bonds. The Kier molecular flexibility index (Phi) is 4.91. The van der Waals surface area contributed by atoms with Gasteiger partial charge in [-0.3, -0.25) is 0 Å². The van der Waals surface area contributed by atoms with Gasteiger partial charge in [-0.25, -0.2) is 0 Å². The number of nitrogens with one attached hydrogen (secondary N) is 1. The van der Waals surface area contributed by atoms with Crippen LogP contribution in [0.2, 0.25) is 5.02 Å². The van der Waals surface area contributed by atoms with Crippen LogP contribution in [0.1, 0.15) is 11.1 Å². The number of hydrogen-bond donors (Lipinski definition) is 1. The second-order valence-corrected chi connectivity index (χ2v) is 4.77. The SMILES string of the molecule is COc1ccc(CNc2ccc(Cl)cc2C#N)c(OC)c1. The summed E-state index contributed by atoms with van der Waals surface area (Å²) in [5.41, 5.74) is 2.21. The van der Waals surface area contributed by atoms with Gasteiger partial charge in [0.15, 0.2) is 0 Å². The summed E-state index contributed by atoms with van der Waals surface area (Å²) in [7, 11) is 3.22. The van der Waals surface area contributed by atoms with Gasteiger partial charge in [0.1, 0.15) is 17.6 Å². The fraction of sp³-hybridized carbons (Fsp3) is 0.188. The lowest BCUT2D eigenvalue weighted by Crippen LogP contribution is -2.03. The molecule has 0 aliphatic carbocycles. The van der Waals surface area contributed by atoms with Crippen molar-refractivity contribution in [3.05, 3.63) is 52.5 Å². The lowest BCUT2D eigenvalue weighted by Gasteiger charge is -2.13. The maximum atomic E-state index is 9.12. The van der Waals surface area contributed by atoms with E-state index in [1.165, 1.54) is 0 Å². The molecule has 0 saturated carbocycles. The van der Waals surface area contributed by atoms with Crippen molar-refractivity contribution in [2.24, 2.45) is 0 Å². The topological polar surface area (TPSA) is 54.3 Å². The van der Waals surface area contributed by atoms with E-state index < -0.39 is 0 Å². The fourth-order valence-corrected chi connectivity index (χ4v) is 2.12. The standard InChI is InChI=1S/C16H15ClN2O2/c1-20-14-5-3-11(16(8-14)21-2)10-19-15-6-4-13(17)7-12(15)9-18/h3-8,19H,10H2,1-2H3. The van der Waals surface area contributed by atoms with Gasteiger partial charge < -0.3 is 14.8 Å². The molecular formula is C16H15ClN2O2. The lowest BCUT2D eigenvalue weighted by atomic mass is 10.1. The first-order chi connectivity index (χ1) is 10.2. The van der Waals surface area contributed by atoms with Crippen molar-refractivity contribution < 1.29 is 9.47 Å². The number of nitriles is 1. The minimum Gasteiger partial charge on any atom is -0.497 e. The number of rotatable bonds is 5. The molecule has 0 aliphatic rings. The molecule has 4 nitrogen and oxygen atoms in total. The van der Waals surface area contributed by atoms with Crippen LogP contribution in [0, 0.1) is 11.3 Å². The number of ether oxygens (including phenoxy) is 2. The van der Waals surface area contributed by atoms with Crippen LogP contribution in [0.5, 0.6) is 11.5 Å². The highest BCUT2D eigenvalue weighted by atomic mass is 35.5. The third-order valence-electron chi connectivity index (χ3n) is 3.07. The number of benzene rings is 2. The van der Waals surface area contributed by atoms with Crippen molar-refractivity contribution >= 4 is 17.3 Å². The van der Waals surface area contributed by atoms with Gasteiger partial charge in [0.2, 0.25) is 0 Å². The Morgan fingerprint density at radius 1 is 1.14 bits per heavy atom. The minimum absolute atomic E-state index is 0.509. The summed E-state index contributed by atoms with van der Waals surface area (Å²) >= 11 is 5.88. The van der Waals surface area contributed by atoms with E-state index in [4.69, 9.17) is 26.3 Å². The maximum absolute atomic E-state index is 9.12. The quantitative estimate of drug-likeness (QED) is 0.911. The number of methoxy groups -OCH3 is 2. The predicted octanol–water partition coefficient (Wildman–Crippen LogP) is 3.84. The molecule has 108 valence electrons. The van der Waals surface area contributed by atoms with Gasteiger partial charge in [-0.05, 0) is 30.3 Å². The summed E-state index contributed by atoms with van der Waals surface area (Å²) in [5, 5.41) is 12.9. The molecule has 2 aromatic carbocycles. The summed E-state index contributed by atoms with van der Waals surface area (Å²) in [4.78, 5) is 0. The third-order valence-corrected chi connectivity index (χ3v) is 3.30. The first kappa shape index (κ1) is 15.0. The molecule has 0 radical (unpaired) electrons. The second kappa shape index (κ2) is 6.87. The number of nitrogens with zero attached hydrogens (tertiary/aromatic N) is 1. The normalized spacial score (nSPS) is 9.81. The van der Waals surface area contributed by atoms with Gasteiger partial charge in [-0.1, -0.05) is 11.6 Å². The molecule has 0 aromatic heterocycles. The van der Waals surface area contributed by atoms with Gasteiger partial charge in [0, 0.05) is 23.2 Å². The van der Waals surface area contributed by atoms with Crippen LogP contribution >= 0.6 is 11.6 Å². The van der Waals surface area contributed by atoms with E-state index in [9.17, 15) is 0 Å². The van der Waals surface area contributed by atoms with Crippen LogP contribution in [-0.4, -0.2) is 14.2 Å². The van der Waals surface area contributed by atoms with Crippen LogP contribution in [0.25, 0.3) is 0 Å². The summed E-state index contributed by atoms with van der Waals surface area (Å²) in [6.45, 7) is 0.531. The molecule has 1 N–H and O–H groups in total. The van der Waals surface area contributed by atoms with E-state index in [0.29, 0.717) is 17.1 Å². The van der Waals surface area contributed by atoms with Gasteiger partial charge in [-0.2, -0.15) is 5.26 Å². The predicted molar refractivity (Wildman–Crippen MR) is 83.0 cm³/mol. The van der Waals surface area contributed by atoms with E-state index in [0.717, 1.165) is 22.7 Å². The van der Waals surface area contributed by atoms with Crippen molar-refractivity contribution in [2.75, 3.05) is 19.5 Å². The van der Waals surface area contributed by atoms with Gasteiger partial charge in [0.25, 0.3) is 0 Å². The van der Waals surface area contributed by atoms with Crippen molar-refractivity contribution in [1.82, 2.24) is 0 Å². The molecule has 0 bridgehead atoms. The summed E-state index contributed by atoms with van der Waals surface area (Å²) in [6, 6.07) is 12.9. The molecule has 21 heavy (non-hydrogen) atoms. The lowest BCUT2D eigenvalue weighted by molar-refractivity contribution is 0.391. The highest BCUT2D eigenvalue weighted by Gasteiger charge is 2.07. The first-order valence-electron chi connectivity index (χ1n) is 6.32.